The van der Waals surface area contributed by atoms with Crippen LogP contribution < -0.4 is 0 Å². The summed E-state index contributed by atoms with van der Waals surface area (Å²) in [7, 11) is 0. The number of rotatable bonds is 7. The van der Waals surface area contributed by atoms with Crippen molar-refractivity contribution < 1.29 is 4.79 Å². The minimum Gasteiger partial charge on any atom is -0.289 e. The van der Waals surface area contributed by atoms with E-state index in [1.807, 2.05) is 36.4 Å². The molecule has 6 aromatic carbocycles. The molecule has 0 saturated heterocycles. The topological polar surface area (TPSA) is 17.1 Å². The van der Waals surface area contributed by atoms with Gasteiger partial charge in [-0.1, -0.05) is 149 Å². The molecule has 0 radical (unpaired) electrons. The van der Waals surface area contributed by atoms with Crippen LogP contribution in [0.3, 0.4) is 0 Å². The van der Waals surface area contributed by atoms with Gasteiger partial charge in [-0.25, -0.2) is 0 Å². The Morgan fingerprint density at radius 2 is 0.860 bits per heavy atom. The largest absolute Gasteiger partial charge is 0.289 e. The van der Waals surface area contributed by atoms with Gasteiger partial charge in [0.05, 0.1) is 0 Å². The highest BCUT2D eigenvalue weighted by molar-refractivity contribution is 7.99. The Labute approximate surface area is 259 Å². The molecule has 0 amide bonds. The molecule has 1 nitrogen and oxygen atoms in total. The molecule has 6 aromatic rings. The smallest absolute Gasteiger partial charge is 0.193 e. The Kier molecular flexibility index (Phi) is 8.13. The third-order valence-corrected chi connectivity index (χ3v) is 8.92. The number of ketones is 1. The Balaban J connectivity index is 1.30. The standard InChI is InChI=1S/C41H34OS/c1-27-5-11-31(12-6-27)32-13-17-34(18-14-32)41(42)35-19-15-33(16-20-35)37-23-9-29(3)25-38(37)39-26-30(4)10-24-40(39)43-36-21-7-28(2)8-22-36/h5-26H,1-4H3. The Morgan fingerprint density at radius 1 is 0.419 bits per heavy atom. The monoisotopic (exact) mass is 574 g/mol. The van der Waals surface area contributed by atoms with Crippen LogP contribution in [0.5, 0.6) is 0 Å². The predicted molar refractivity (Wildman–Crippen MR) is 182 cm³/mol. The zero-order valence-corrected chi connectivity index (χ0v) is 25.8. The first-order valence-electron chi connectivity index (χ1n) is 14.6. The predicted octanol–water partition coefficient (Wildman–Crippen LogP) is 11.3. The van der Waals surface area contributed by atoms with Gasteiger partial charge in [-0.2, -0.15) is 0 Å². The van der Waals surface area contributed by atoms with Crippen LogP contribution in [-0.4, -0.2) is 5.78 Å². The summed E-state index contributed by atoms with van der Waals surface area (Å²) in [4.78, 5) is 15.8. The van der Waals surface area contributed by atoms with Crippen molar-refractivity contribution in [1.29, 1.82) is 0 Å². The number of carbonyl (C=O) groups is 1. The van der Waals surface area contributed by atoms with Crippen LogP contribution in [0.1, 0.15) is 38.2 Å². The van der Waals surface area contributed by atoms with Gasteiger partial charge in [-0.3, -0.25) is 4.79 Å². The van der Waals surface area contributed by atoms with Gasteiger partial charge < -0.3 is 0 Å². The maximum atomic E-state index is 13.4. The first-order chi connectivity index (χ1) is 20.8. The summed E-state index contributed by atoms with van der Waals surface area (Å²) in [6, 6.07) is 46.4. The van der Waals surface area contributed by atoms with E-state index in [1.165, 1.54) is 43.2 Å². The number of benzene rings is 6. The van der Waals surface area contributed by atoms with Gasteiger partial charge in [0.2, 0.25) is 0 Å². The van der Waals surface area contributed by atoms with E-state index in [0.29, 0.717) is 11.1 Å². The number of aryl methyl sites for hydroxylation is 4. The van der Waals surface area contributed by atoms with Crippen LogP contribution in [-0.2, 0) is 0 Å². The number of carbonyl (C=O) groups excluding carboxylic acids is 1. The first kappa shape index (κ1) is 28.5. The molecule has 0 spiro atoms. The quantitative estimate of drug-likeness (QED) is 0.176. The van der Waals surface area contributed by atoms with E-state index < -0.39 is 0 Å². The molecule has 0 aromatic heterocycles. The summed E-state index contributed by atoms with van der Waals surface area (Å²) in [5.74, 6) is 0.0293. The van der Waals surface area contributed by atoms with Crippen LogP contribution in [0, 0.1) is 27.7 Å². The molecule has 210 valence electrons. The molecule has 2 heteroatoms. The molecule has 0 unspecified atom stereocenters. The molecule has 0 aliphatic rings. The maximum Gasteiger partial charge on any atom is 0.193 e. The maximum absolute atomic E-state index is 13.4. The fourth-order valence-corrected chi connectivity index (χ4v) is 6.28. The third-order valence-electron chi connectivity index (χ3n) is 7.84. The zero-order valence-electron chi connectivity index (χ0n) is 25.0. The van der Waals surface area contributed by atoms with Crippen molar-refractivity contribution in [2.45, 2.75) is 37.5 Å². The molecule has 0 bridgehead atoms. The molecular formula is C41H34OS. The molecule has 6 rings (SSSR count). The van der Waals surface area contributed by atoms with Crippen LogP contribution in [0.2, 0.25) is 0 Å². The van der Waals surface area contributed by atoms with Crippen LogP contribution in [0.4, 0.5) is 0 Å². The van der Waals surface area contributed by atoms with Crippen LogP contribution in [0.25, 0.3) is 33.4 Å². The summed E-state index contributed by atoms with van der Waals surface area (Å²) < 4.78 is 0. The van der Waals surface area contributed by atoms with Crippen molar-refractivity contribution in [2.24, 2.45) is 0 Å². The van der Waals surface area contributed by atoms with Gasteiger partial charge in [0.25, 0.3) is 0 Å². The van der Waals surface area contributed by atoms with Crippen LogP contribution in [0.15, 0.2) is 143 Å². The highest BCUT2D eigenvalue weighted by atomic mass is 32.2. The van der Waals surface area contributed by atoms with E-state index in [1.54, 1.807) is 11.8 Å². The average molecular weight is 575 g/mol. The highest BCUT2D eigenvalue weighted by Gasteiger charge is 2.15. The first-order valence-corrected chi connectivity index (χ1v) is 15.4. The Bertz CT molecular complexity index is 1900. The minimum absolute atomic E-state index is 0.0293. The highest BCUT2D eigenvalue weighted by Crippen LogP contribution is 2.41. The van der Waals surface area contributed by atoms with Gasteiger partial charge in [0.1, 0.15) is 0 Å². The zero-order chi connectivity index (χ0) is 29.9. The van der Waals surface area contributed by atoms with Gasteiger partial charge in [-0.05, 0) is 79.3 Å². The molecule has 0 aliphatic carbocycles. The van der Waals surface area contributed by atoms with Gasteiger partial charge in [0, 0.05) is 20.9 Å². The number of hydrogen-bond donors (Lipinski definition) is 0. The van der Waals surface area contributed by atoms with Gasteiger partial charge in [0.15, 0.2) is 5.78 Å². The second-order valence-electron chi connectivity index (χ2n) is 11.3. The van der Waals surface area contributed by atoms with Crippen molar-refractivity contribution in [2.75, 3.05) is 0 Å². The second-order valence-corrected chi connectivity index (χ2v) is 12.4. The fourth-order valence-electron chi connectivity index (χ4n) is 5.34. The summed E-state index contributed by atoms with van der Waals surface area (Å²) in [5, 5.41) is 0. The van der Waals surface area contributed by atoms with E-state index >= 15 is 0 Å². The van der Waals surface area contributed by atoms with Gasteiger partial charge >= 0.3 is 0 Å². The van der Waals surface area contributed by atoms with Crippen molar-refractivity contribution in [3.05, 3.63) is 167 Å². The lowest BCUT2D eigenvalue weighted by atomic mass is 9.91. The van der Waals surface area contributed by atoms with E-state index in [-0.39, 0.29) is 5.78 Å². The lowest BCUT2D eigenvalue weighted by Gasteiger charge is -2.16. The van der Waals surface area contributed by atoms with Crippen molar-refractivity contribution in [3.63, 3.8) is 0 Å². The molecule has 43 heavy (non-hydrogen) atoms. The minimum atomic E-state index is 0.0293. The summed E-state index contributed by atoms with van der Waals surface area (Å²) in [6.45, 7) is 8.49. The summed E-state index contributed by atoms with van der Waals surface area (Å²) in [6.07, 6.45) is 0. The fraction of sp³-hybridized carbons (Fsp3) is 0.0976. The second kappa shape index (κ2) is 12.3. The molecule has 0 saturated carbocycles. The van der Waals surface area contributed by atoms with Crippen molar-refractivity contribution in [1.82, 2.24) is 0 Å². The lowest BCUT2D eigenvalue weighted by molar-refractivity contribution is 0.103. The van der Waals surface area contributed by atoms with E-state index in [2.05, 4.69) is 125 Å². The summed E-state index contributed by atoms with van der Waals surface area (Å²) >= 11 is 1.80. The van der Waals surface area contributed by atoms with Gasteiger partial charge in [-0.15, -0.1) is 0 Å². The van der Waals surface area contributed by atoms with E-state index in [4.69, 9.17) is 0 Å². The van der Waals surface area contributed by atoms with E-state index in [9.17, 15) is 4.79 Å². The van der Waals surface area contributed by atoms with Crippen molar-refractivity contribution >= 4 is 17.5 Å². The molecular weight excluding hydrogens is 541 g/mol. The Morgan fingerprint density at radius 3 is 1.44 bits per heavy atom. The molecule has 0 atom stereocenters. The molecule has 0 aliphatic heterocycles. The molecule has 0 N–H and O–H groups in total. The Hall–Kier alpha value is -4.66. The lowest BCUT2D eigenvalue weighted by Crippen LogP contribution is -2.01. The normalized spacial score (nSPS) is 11.0. The third kappa shape index (κ3) is 6.40. The molecule has 0 heterocycles. The number of hydrogen-bond acceptors (Lipinski definition) is 2. The average Bonchev–Trinajstić information content (AvgIpc) is 3.03. The summed E-state index contributed by atoms with van der Waals surface area (Å²) in [5.41, 5.74) is 13.2. The molecule has 0 fully saturated rings. The van der Waals surface area contributed by atoms with Crippen molar-refractivity contribution in [3.8, 4) is 33.4 Å². The van der Waals surface area contributed by atoms with Crippen LogP contribution >= 0.6 is 11.8 Å². The SMILES string of the molecule is Cc1ccc(Sc2ccc(C)cc2-c2cc(C)ccc2-c2ccc(C(=O)c3ccc(-c4ccc(C)cc4)cc3)cc2)cc1. The van der Waals surface area contributed by atoms with E-state index in [0.717, 1.165) is 22.3 Å².